The third-order valence-electron chi connectivity index (χ3n) is 2.35. The first kappa shape index (κ1) is 14.0. The van der Waals surface area contributed by atoms with Crippen molar-refractivity contribution >= 4 is 11.9 Å². The Morgan fingerprint density at radius 1 is 1.33 bits per heavy atom. The molecule has 0 aromatic heterocycles. The molecule has 0 heterocycles. The number of phenolic OH excluding ortho intramolecular Hbond substituents is 1. The zero-order valence-electron chi connectivity index (χ0n) is 10.5. The van der Waals surface area contributed by atoms with Crippen LogP contribution in [0.1, 0.15) is 31.9 Å². The maximum atomic E-state index is 11.5. The van der Waals surface area contributed by atoms with Crippen LogP contribution in [0.15, 0.2) is 24.3 Å². The van der Waals surface area contributed by atoms with Crippen molar-refractivity contribution < 1.29 is 19.4 Å². The highest BCUT2D eigenvalue weighted by molar-refractivity contribution is 5.76. The van der Waals surface area contributed by atoms with Gasteiger partial charge in [-0.3, -0.25) is 9.59 Å². The molecule has 98 valence electrons. The lowest BCUT2D eigenvalue weighted by Crippen LogP contribution is -2.28. The largest absolute Gasteiger partial charge is 0.508 e. The zero-order chi connectivity index (χ0) is 13.5. The van der Waals surface area contributed by atoms with E-state index in [9.17, 15) is 14.7 Å². The van der Waals surface area contributed by atoms with E-state index in [4.69, 9.17) is 4.74 Å². The average Bonchev–Trinajstić information content (AvgIpc) is 2.28. The molecule has 1 aromatic carbocycles. The molecule has 1 atom stereocenters. The van der Waals surface area contributed by atoms with E-state index in [2.05, 4.69) is 5.32 Å². The Kier molecular flexibility index (Phi) is 5.17. The number of amides is 1. The van der Waals surface area contributed by atoms with Crippen molar-refractivity contribution in [3.8, 4) is 5.75 Å². The predicted octanol–water partition coefficient (Wildman–Crippen LogP) is 1.52. The SMILES string of the molecule is CCOC(=O)CC(NC(C)=O)c1ccc(O)cc1. The first-order valence-corrected chi connectivity index (χ1v) is 5.74. The van der Waals surface area contributed by atoms with Crippen molar-refractivity contribution in [1.29, 1.82) is 0 Å². The van der Waals surface area contributed by atoms with Crippen LogP contribution in [-0.4, -0.2) is 23.6 Å². The second kappa shape index (κ2) is 6.64. The molecule has 5 nitrogen and oxygen atoms in total. The van der Waals surface area contributed by atoms with Crippen LogP contribution in [0.3, 0.4) is 0 Å². The van der Waals surface area contributed by atoms with Gasteiger partial charge in [-0.25, -0.2) is 0 Å². The molecule has 1 amide bonds. The van der Waals surface area contributed by atoms with Crippen molar-refractivity contribution in [3.05, 3.63) is 29.8 Å². The van der Waals surface area contributed by atoms with Gasteiger partial charge in [-0.05, 0) is 24.6 Å². The summed E-state index contributed by atoms with van der Waals surface area (Å²) in [7, 11) is 0. The Morgan fingerprint density at radius 3 is 2.44 bits per heavy atom. The van der Waals surface area contributed by atoms with Gasteiger partial charge >= 0.3 is 5.97 Å². The lowest BCUT2D eigenvalue weighted by Gasteiger charge is -2.17. The number of hydrogen-bond acceptors (Lipinski definition) is 4. The highest BCUT2D eigenvalue weighted by atomic mass is 16.5. The second-order valence-electron chi connectivity index (χ2n) is 3.85. The molecule has 0 aliphatic carbocycles. The molecule has 18 heavy (non-hydrogen) atoms. The zero-order valence-corrected chi connectivity index (χ0v) is 10.5. The molecule has 0 aliphatic heterocycles. The van der Waals surface area contributed by atoms with E-state index in [1.54, 1.807) is 19.1 Å². The van der Waals surface area contributed by atoms with Gasteiger partial charge < -0.3 is 15.2 Å². The van der Waals surface area contributed by atoms with Gasteiger partial charge in [-0.15, -0.1) is 0 Å². The maximum Gasteiger partial charge on any atom is 0.308 e. The van der Waals surface area contributed by atoms with Crippen LogP contribution in [0.5, 0.6) is 5.75 Å². The van der Waals surface area contributed by atoms with Crippen LogP contribution in [0.4, 0.5) is 0 Å². The highest BCUT2D eigenvalue weighted by Crippen LogP contribution is 2.20. The van der Waals surface area contributed by atoms with Gasteiger partial charge in [0, 0.05) is 6.92 Å². The van der Waals surface area contributed by atoms with E-state index < -0.39 is 6.04 Å². The van der Waals surface area contributed by atoms with E-state index in [0.717, 1.165) is 5.56 Å². The lowest BCUT2D eigenvalue weighted by atomic mass is 10.0. The number of carbonyl (C=O) groups is 2. The molecule has 0 spiro atoms. The summed E-state index contributed by atoms with van der Waals surface area (Å²) in [5.74, 6) is -0.460. The first-order chi connectivity index (χ1) is 8.52. The molecule has 0 fully saturated rings. The van der Waals surface area contributed by atoms with Gasteiger partial charge in [0.25, 0.3) is 0 Å². The van der Waals surface area contributed by atoms with E-state index in [1.807, 2.05) is 0 Å². The van der Waals surface area contributed by atoms with Gasteiger partial charge in [0.15, 0.2) is 0 Å². The molecule has 0 radical (unpaired) electrons. The number of hydrogen-bond donors (Lipinski definition) is 2. The summed E-state index contributed by atoms with van der Waals surface area (Å²) in [4.78, 5) is 22.6. The highest BCUT2D eigenvalue weighted by Gasteiger charge is 2.17. The molecule has 0 saturated carbocycles. The van der Waals surface area contributed by atoms with Gasteiger partial charge in [-0.1, -0.05) is 12.1 Å². The van der Waals surface area contributed by atoms with Crippen LogP contribution < -0.4 is 5.32 Å². The summed E-state index contributed by atoms with van der Waals surface area (Å²) in [5.41, 5.74) is 0.746. The van der Waals surface area contributed by atoms with E-state index >= 15 is 0 Å². The fourth-order valence-corrected chi connectivity index (χ4v) is 1.59. The minimum atomic E-state index is -0.442. The molecule has 1 unspecified atom stereocenters. The normalized spacial score (nSPS) is 11.7. The Balaban J connectivity index is 2.80. The molecule has 5 heteroatoms. The number of esters is 1. The van der Waals surface area contributed by atoms with Gasteiger partial charge in [0.05, 0.1) is 19.1 Å². The van der Waals surface area contributed by atoms with Crippen molar-refractivity contribution in [2.75, 3.05) is 6.61 Å². The Hall–Kier alpha value is -2.04. The number of aromatic hydroxyl groups is 1. The van der Waals surface area contributed by atoms with Crippen LogP contribution in [-0.2, 0) is 14.3 Å². The fraction of sp³-hybridized carbons (Fsp3) is 0.385. The van der Waals surface area contributed by atoms with E-state index in [-0.39, 0.29) is 24.0 Å². The smallest absolute Gasteiger partial charge is 0.308 e. The minimum Gasteiger partial charge on any atom is -0.508 e. The minimum absolute atomic E-state index is 0.0677. The summed E-state index contributed by atoms with van der Waals surface area (Å²) < 4.78 is 4.86. The summed E-state index contributed by atoms with van der Waals surface area (Å²) in [6.45, 7) is 3.42. The number of rotatable bonds is 5. The van der Waals surface area contributed by atoms with E-state index in [1.165, 1.54) is 19.1 Å². The van der Waals surface area contributed by atoms with Crippen LogP contribution in [0.2, 0.25) is 0 Å². The van der Waals surface area contributed by atoms with Crippen LogP contribution in [0.25, 0.3) is 0 Å². The van der Waals surface area contributed by atoms with Gasteiger partial charge in [0.1, 0.15) is 5.75 Å². The van der Waals surface area contributed by atoms with Gasteiger partial charge in [-0.2, -0.15) is 0 Å². The molecular formula is C13H17NO4. The Morgan fingerprint density at radius 2 is 1.94 bits per heavy atom. The topological polar surface area (TPSA) is 75.6 Å². The number of carbonyl (C=O) groups excluding carboxylic acids is 2. The summed E-state index contributed by atoms with van der Waals surface area (Å²) >= 11 is 0. The van der Waals surface area contributed by atoms with Crippen molar-refractivity contribution in [3.63, 3.8) is 0 Å². The predicted molar refractivity (Wildman–Crippen MR) is 65.9 cm³/mol. The molecule has 1 aromatic rings. The Labute approximate surface area is 106 Å². The monoisotopic (exact) mass is 251 g/mol. The number of phenols is 1. The molecular weight excluding hydrogens is 234 g/mol. The summed E-state index contributed by atoms with van der Waals surface area (Å²) in [6.07, 6.45) is 0.0677. The fourth-order valence-electron chi connectivity index (χ4n) is 1.59. The van der Waals surface area contributed by atoms with Crippen molar-refractivity contribution in [2.24, 2.45) is 0 Å². The molecule has 0 aliphatic rings. The third kappa shape index (κ3) is 4.45. The number of benzene rings is 1. The van der Waals surface area contributed by atoms with Crippen molar-refractivity contribution in [1.82, 2.24) is 5.32 Å². The molecule has 0 saturated heterocycles. The second-order valence-corrected chi connectivity index (χ2v) is 3.85. The maximum absolute atomic E-state index is 11.5. The molecule has 0 bridgehead atoms. The average molecular weight is 251 g/mol. The van der Waals surface area contributed by atoms with Crippen LogP contribution in [0, 0.1) is 0 Å². The number of nitrogens with one attached hydrogen (secondary N) is 1. The lowest BCUT2D eigenvalue weighted by molar-refractivity contribution is -0.143. The number of ether oxygens (including phenoxy) is 1. The quantitative estimate of drug-likeness (QED) is 0.778. The van der Waals surface area contributed by atoms with E-state index in [0.29, 0.717) is 6.61 Å². The van der Waals surface area contributed by atoms with Crippen molar-refractivity contribution in [2.45, 2.75) is 26.3 Å². The molecule has 1 rings (SSSR count). The standard InChI is InChI=1S/C13H17NO4/c1-3-18-13(17)8-12(14-9(2)15)10-4-6-11(16)7-5-10/h4-7,12,16H,3,8H2,1-2H3,(H,14,15). The van der Waals surface area contributed by atoms with Gasteiger partial charge in [0.2, 0.25) is 5.91 Å². The molecule has 2 N–H and O–H groups in total. The third-order valence-corrected chi connectivity index (χ3v) is 2.35. The van der Waals surface area contributed by atoms with Crippen LogP contribution >= 0.6 is 0 Å². The Bertz CT molecular complexity index is 414. The summed E-state index contributed by atoms with van der Waals surface area (Å²) in [5, 5.41) is 11.9. The first-order valence-electron chi connectivity index (χ1n) is 5.74. The summed E-state index contributed by atoms with van der Waals surface area (Å²) in [6, 6.07) is 5.90.